The number of nitrogens with one attached hydrogen (secondary N) is 2. The Bertz CT molecular complexity index is 550. The number of aromatic nitrogens is 1. The SMILES string of the molecule is Cc1ncsc1CNCC1Cc2ccccc2CN1. The molecule has 0 radical (unpaired) electrons. The topological polar surface area (TPSA) is 37.0 Å². The predicted molar refractivity (Wildman–Crippen MR) is 79.3 cm³/mol. The van der Waals surface area contributed by atoms with Crippen LogP contribution >= 0.6 is 11.3 Å². The second-order valence-electron chi connectivity index (χ2n) is 5.04. The third-order valence-electron chi connectivity index (χ3n) is 3.69. The van der Waals surface area contributed by atoms with Crippen LogP contribution < -0.4 is 10.6 Å². The van der Waals surface area contributed by atoms with Crippen LogP contribution in [0.15, 0.2) is 29.8 Å². The zero-order valence-electron chi connectivity index (χ0n) is 11.1. The molecule has 1 aromatic carbocycles. The Labute approximate surface area is 118 Å². The third-order valence-corrected chi connectivity index (χ3v) is 4.62. The molecule has 19 heavy (non-hydrogen) atoms. The number of rotatable bonds is 4. The predicted octanol–water partition coefficient (Wildman–Crippen LogP) is 2.26. The van der Waals surface area contributed by atoms with E-state index >= 15 is 0 Å². The van der Waals surface area contributed by atoms with Crippen LogP contribution in [0.5, 0.6) is 0 Å². The number of benzene rings is 1. The van der Waals surface area contributed by atoms with Crippen molar-refractivity contribution in [3.05, 3.63) is 51.5 Å². The largest absolute Gasteiger partial charge is 0.310 e. The first-order chi connectivity index (χ1) is 9.33. The van der Waals surface area contributed by atoms with Crippen molar-refractivity contribution in [2.24, 2.45) is 0 Å². The second-order valence-corrected chi connectivity index (χ2v) is 5.98. The Morgan fingerprint density at radius 1 is 1.37 bits per heavy atom. The van der Waals surface area contributed by atoms with Crippen molar-refractivity contribution in [1.82, 2.24) is 15.6 Å². The molecule has 100 valence electrons. The van der Waals surface area contributed by atoms with E-state index < -0.39 is 0 Å². The molecule has 3 nitrogen and oxygen atoms in total. The Balaban J connectivity index is 1.51. The molecule has 4 heteroatoms. The van der Waals surface area contributed by atoms with Crippen molar-refractivity contribution in [1.29, 1.82) is 0 Å². The molecule has 0 aliphatic carbocycles. The van der Waals surface area contributed by atoms with Crippen molar-refractivity contribution >= 4 is 11.3 Å². The van der Waals surface area contributed by atoms with Gasteiger partial charge in [0, 0.05) is 30.6 Å². The first kappa shape index (κ1) is 12.8. The maximum absolute atomic E-state index is 4.27. The lowest BCUT2D eigenvalue weighted by Crippen LogP contribution is -2.42. The molecule has 1 aliphatic heterocycles. The van der Waals surface area contributed by atoms with Gasteiger partial charge in [-0.3, -0.25) is 0 Å². The highest BCUT2D eigenvalue weighted by molar-refractivity contribution is 7.09. The lowest BCUT2D eigenvalue weighted by atomic mass is 9.96. The Kier molecular flexibility index (Phi) is 3.92. The summed E-state index contributed by atoms with van der Waals surface area (Å²) in [4.78, 5) is 5.62. The van der Waals surface area contributed by atoms with Gasteiger partial charge in [-0.15, -0.1) is 11.3 Å². The lowest BCUT2D eigenvalue weighted by Gasteiger charge is -2.26. The zero-order chi connectivity index (χ0) is 13.1. The van der Waals surface area contributed by atoms with Gasteiger partial charge in [0.2, 0.25) is 0 Å². The van der Waals surface area contributed by atoms with Gasteiger partial charge in [-0.05, 0) is 24.5 Å². The van der Waals surface area contributed by atoms with Crippen LogP contribution in [0.3, 0.4) is 0 Å². The van der Waals surface area contributed by atoms with Crippen LogP contribution in [0, 0.1) is 6.92 Å². The van der Waals surface area contributed by atoms with Crippen LogP contribution in [-0.4, -0.2) is 17.6 Å². The number of hydrogen-bond donors (Lipinski definition) is 2. The fourth-order valence-electron chi connectivity index (χ4n) is 2.52. The van der Waals surface area contributed by atoms with Gasteiger partial charge in [-0.1, -0.05) is 24.3 Å². The molecule has 0 bridgehead atoms. The van der Waals surface area contributed by atoms with Crippen LogP contribution in [0.1, 0.15) is 21.7 Å². The van der Waals surface area contributed by atoms with E-state index in [1.54, 1.807) is 11.3 Å². The fourth-order valence-corrected chi connectivity index (χ4v) is 3.27. The molecule has 3 rings (SSSR count). The van der Waals surface area contributed by atoms with Gasteiger partial charge in [-0.2, -0.15) is 0 Å². The average Bonchev–Trinajstić information content (AvgIpc) is 2.84. The highest BCUT2D eigenvalue weighted by Gasteiger charge is 2.16. The maximum Gasteiger partial charge on any atom is 0.0798 e. The van der Waals surface area contributed by atoms with Crippen LogP contribution in [0.4, 0.5) is 0 Å². The first-order valence-corrected chi connectivity index (χ1v) is 7.61. The maximum atomic E-state index is 4.27. The van der Waals surface area contributed by atoms with Gasteiger partial charge in [0.15, 0.2) is 0 Å². The van der Waals surface area contributed by atoms with Crippen LogP contribution in [0.2, 0.25) is 0 Å². The summed E-state index contributed by atoms with van der Waals surface area (Å²) in [6, 6.07) is 9.24. The molecule has 0 fully saturated rings. The number of hydrogen-bond acceptors (Lipinski definition) is 4. The molecule has 2 N–H and O–H groups in total. The quantitative estimate of drug-likeness (QED) is 0.897. The van der Waals surface area contributed by atoms with E-state index in [2.05, 4.69) is 46.8 Å². The molecule has 1 aromatic heterocycles. The molecule has 1 unspecified atom stereocenters. The molecule has 0 spiro atoms. The Morgan fingerprint density at radius 2 is 2.21 bits per heavy atom. The van der Waals surface area contributed by atoms with Crippen molar-refractivity contribution in [3.8, 4) is 0 Å². The van der Waals surface area contributed by atoms with E-state index in [0.29, 0.717) is 6.04 Å². The molecular weight excluding hydrogens is 254 g/mol. The van der Waals surface area contributed by atoms with Crippen LogP contribution in [0.25, 0.3) is 0 Å². The van der Waals surface area contributed by atoms with Crippen LogP contribution in [-0.2, 0) is 19.5 Å². The number of thiazole rings is 1. The summed E-state index contributed by atoms with van der Waals surface area (Å²) in [6.07, 6.45) is 1.12. The van der Waals surface area contributed by atoms with E-state index in [0.717, 1.165) is 31.7 Å². The summed E-state index contributed by atoms with van der Waals surface area (Å²) in [7, 11) is 0. The summed E-state index contributed by atoms with van der Waals surface area (Å²) >= 11 is 1.73. The highest BCUT2D eigenvalue weighted by Crippen LogP contribution is 2.16. The van der Waals surface area contributed by atoms with Gasteiger partial charge in [0.1, 0.15) is 0 Å². The number of aryl methyl sites for hydroxylation is 1. The molecule has 1 aliphatic rings. The van der Waals surface area contributed by atoms with E-state index in [-0.39, 0.29) is 0 Å². The van der Waals surface area contributed by atoms with E-state index in [9.17, 15) is 0 Å². The summed E-state index contributed by atoms with van der Waals surface area (Å²) in [5.74, 6) is 0. The minimum absolute atomic E-state index is 0.531. The minimum Gasteiger partial charge on any atom is -0.310 e. The highest BCUT2D eigenvalue weighted by atomic mass is 32.1. The van der Waals surface area contributed by atoms with Crippen molar-refractivity contribution < 1.29 is 0 Å². The fraction of sp³-hybridized carbons (Fsp3) is 0.400. The first-order valence-electron chi connectivity index (χ1n) is 6.73. The number of nitrogens with zero attached hydrogens (tertiary/aromatic N) is 1. The van der Waals surface area contributed by atoms with Gasteiger partial charge in [0.25, 0.3) is 0 Å². The summed E-state index contributed by atoms with van der Waals surface area (Å²) in [6.45, 7) is 4.99. The van der Waals surface area contributed by atoms with E-state index in [4.69, 9.17) is 0 Å². The van der Waals surface area contributed by atoms with E-state index in [1.807, 2.05) is 5.51 Å². The van der Waals surface area contributed by atoms with Crippen molar-refractivity contribution in [2.45, 2.75) is 32.5 Å². The van der Waals surface area contributed by atoms with E-state index in [1.165, 1.54) is 16.0 Å². The summed E-state index contributed by atoms with van der Waals surface area (Å²) in [5, 5.41) is 7.13. The molecule has 1 atom stereocenters. The van der Waals surface area contributed by atoms with Gasteiger partial charge >= 0.3 is 0 Å². The number of fused-ring (bicyclic) bond motifs is 1. The molecule has 2 heterocycles. The summed E-state index contributed by atoms with van der Waals surface area (Å²) < 4.78 is 0. The monoisotopic (exact) mass is 273 g/mol. The average molecular weight is 273 g/mol. The molecular formula is C15H19N3S. The van der Waals surface area contributed by atoms with Crippen molar-refractivity contribution in [2.75, 3.05) is 6.54 Å². The summed E-state index contributed by atoms with van der Waals surface area (Å²) in [5.41, 5.74) is 6.00. The molecule has 0 saturated heterocycles. The van der Waals surface area contributed by atoms with Crippen molar-refractivity contribution in [3.63, 3.8) is 0 Å². The Morgan fingerprint density at radius 3 is 3.00 bits per heavy atom. The smallest absolute Gasteiger partial charge is 0.0798 e. The zero-order valence-corrected chi connectivity index (χ0v) is 12.0. The third kappa shape index (κ3) is 3.03. The molecule has 2 aromatic rings. The standard InChI is InChI=1S/C15H19N3S/c1-11-15(19-10-18-11)9-16-8-14-6-12-4-2-3-5-13(12)7-17-14/h2-5,10,14,16-17H,6-9H2,1H3. The molecule has 0 saturated carbocycles. The normalized spacial score (nSPS) is 18.3. The lowest BCUT2D eigenvalue weighted by molar-refractivity contribution is 0.448. The van der Waals surface area contributed by atoms with Gasteiger partial charge in [0.05, 0.1) is 11.2 Å². The second kappa shape index (κ2) is 5.82. The Hall–Kier alpha value is -1.23. The van der Waals surface area contributed by atoms with Gasteiger partial charge in [-0.25, -0.2) is 4.98 Å². The minimum atomic E-state index is 0.531. The molecule has 0 amide bonds. The van der Waals surface area contributed by atoms with Gasteiger partial charge < -0.3 is 10.6 Å².